The summed E-state index contributed by atoms with van der Waals surface area (Å²) in [4.78, 5) is 5.39. The van der Waals surface area contributed by atoms with E-state index in [0.29, 0.717) is 0 Å². The molecule has 0 aromatic carbocycles. The van der Waals surface area contributed by atoms with Gasteiger partial charge < -0.3 is 9.64 Å². The number of piperidine rings is 1. The number of hydrogen-bond donors (Lipinski definition) is 0. The van der Waals surface area contributed by atoms with Gasteiger partial charge in [0.05, 0.1) is 5.69 Å². The first-order chi connectivity index (χ1) is 12.4. The molecule has 0 radical (unpaired) electrons. The van der Waals surface area contributed by atoms with Gasteiger partial charge in [-0.1, -0.05) is 6.42 Å². The van der Waals surface area contributed by atoms with Crippen molar-refractivity contribution in [3.63, 3.8) is 0 Å². The van der Waals surface area contributed by atoms with Crippen LogP contribution in [0, 0.1) is 11.8 Å². The molecule has 3 aliphatic heterocycles. The number of aromatic nitrogens is 2. The second-order valence-corrected chi connectivity index (χ2v) is 8.31. The van der Waals surface area contributed by atoms with Crippen LogP contribution in [0.1, 0.15) is 44.2 Å². The summed E-state index contributed by atoms with van der Waals surface area (Å²) >= 11 is 0. The van der Waals surface area contributed by atoms with E-state index in [4.69, 9.17) is 4.74 Å². The number of rotatable bonds is 5. The van der Waals surface area contributed by atoms with E-state index in [9.17, 15) is 0 Å². The third-order valence-corrected chi connectivity index (χ3v) is 6.30. The Labute approximate surface area is 152 Å². The van der Waals surface area contributed by atoms with E-state index in [0.717, 1.165) is 38.1 Å². The molecule has 3 aliphatic rings. The molecule has 1 aromatic heterocycles. The minimum absolute atomic E-state index is 0.725. The van der Waals surface area contributed by atoms with Crippen LogP contribution in [-0.4, -0.2) is 65.5 Å². The highest BCUT2D eigenvalue weighted by Crippen LogP contribution is 2.23. The molecule has 4 rings (SSSR count). The van der Waals surface area contributed by atoms with Gasteiger partial charge in [0.2, 0.25) is 0 Å². The second kappa shape index (κ2) is 8.65. The van der Waals surface area contributed by atoms with Crippen molar-refractivity contribution in [3.8, 4) is 0 Å². The number of likely N-dealkylation sites (tertiary alicyclic amines) is 1. The molecule has 5 heteroatoms. The molecule has 0 N–H and O–H groups in total. The first-order valence-electron chi connectivity index (χ1n) is 10.4. The van der Waals surface area contributed by atoms with Crippen LogP contribution in [0.3, 0.4) is 0 Å². The van der Waals surface area contributed by atoms with Crippen molar-refractivity contribution in [2.24, 2.45) is 11.8 Å². The molecule has 5 nitrogen and oxygen atoms in total. The molecule has 140 valence electrons. The summed E-state index contributed by atoms with van der Waals surface area (Å²) < 4.78 is 7.81. The molecule has 2 saturated heterocycles. The summed E-state index contributed by atoms with van der Waals surface area (Å²) in [6.45, 7) is 10.4. The highest BCUT2D eigenvalue weighted by atomic mass is 16.5. The van der Waals surface area contributed by atoms with Crippen LogP contribution in [0.15, 0.2) is 12.3 Å². The average Bonchev–Trinajstić information content (AvgIpc) is 3.01. The fraction of sp³-hybridized carbons (Fsp3) is 0.850. The van der Waals surface area contributed by atoms with Gasteiger partial charge in [-0.3, -0.25) is 9.58 Å². The van der Waals surface area contributed by atoms with Gasteiger partial charge in [0.25, 0.3) is 0 Å². The van der Waals surface area contributed by atoms with E-state index >= 15 is 0 Å². The van der Waals surface area contributed by atoms with Gasteiger partial charge in [-0.25, -0.2) is 0 Å². The molecule has 0 aliphatic carbocycles. The monoisotopic (exact) mass is 346 g/mol. The summed E-state index contributed by atoms with van der Waals surface area (Å²) in [5.41, 5.74) is 1.40. The zero-order valence-corrected chi connectivity index (χ0v) is 15.6. The van der Waals surface area contributed by atoms with Crippen molar-refractivity contribution in [1.82, 2.24) is 19.6 Å². The minimum atomic E-state index is 0.725. The fourth-order valence-electron chi connectivity index (χ4n) is 4.78. The van der Waals surface area contributed by atoms with Gasteiger partial charge in [0.15, 0.2) is 0 Å². The molecular weight excluding hydrogens is 312 g/mol. The largest absolute Gasteiger partial charge is 0.381 e. The Balaban J connectivity index is 1.36. The zero-order valence-electron chi connectivity index (χ0n) is 15.6. The molecular formula is C20H34N4O. The van der Waals surface area contributed by atoms with Crippen molar-refractivity contribution < 1.29 is 4.74 Å². The van der Waals surface area contributed by atoms with E-state index in [2.05, 4.69) is 25.6 Å². The topological polar surface area (TPSA) is 33.5 Å². The van der Waals surface area contributed by atoms with Gasteiger partial charge in [0, 0.05) is 45.6 Å². The van der Waals surface area contributed by atoms with E-state index in [1.165, 1.54) is 76.9 Å². The van der Waals surface area contributed by atoms with Gasteiger partial charge in [0.1, 0.15) is 0 Å². The first-order valence-corrected chi connectivity index (χ1v) is 10.4. The fourth-order valence-corrected chi connectivity index (χ4v) is 4.78. The lowest BCUT2D eigenvalue weighted by Crippen LogP contribution is -2.36. The zero-order chi connectivity index (χ0) is 16.9. The van der Waals surface area contributed by atoms with Crippen molar-refractivity contribution in [1.29, 1.82) is 0 Å². The number of ether oxygens (including phenoxy) is 1. The van der Waals surface area contributed by atoms with Crippen LogP contribution in [0.2, 0.25) is 0 Å². The smallest absolute Gasteiger partial charge is 0.0524 e. The van der Waals surface area contributed by atoms with Crippen molar-refractivity contribution in [2.45, 2.75) is 51.6 Å². The first kappa shape index (κ1) is 17.5. The van der Waals surface area contributed by atoms with Crippen LogP contribution >= 0.6 is 0 Å². The maximum absolute atomic E-state index is 5.55. The lowest BCUT2D eigenvalue weighted by atomic mass is 9.98. The summed E-state index contributed by atoms with van der Waals surface area (Å²) in [5, 5.41) is 4.60. The van der Waals surface area contributed by atoms with E-state index in [1.54, 1.807) is 0 Å². The molecule has 0 bridgehead atoms. The van der Waals surface area contributed by atoms with Gasteiger partial charge in [-0.05, 0) is 69.6 Å². The lowest BCUT2D eigenvalue weighted by Gasteiger charge is -2.31. The Hall–Kier alpha value is -0.910. The minimum Gasteiger partial charge on any atom is -0.381 e. The summed E-state index contributed by atoms with van der Waals surface area (Å²) in [5.74, 6) is 1.54. The van der Waals surface area contributed by atoms with E-state index in [-0.39, 0.29) is 0 Å². The standard InChI is InChI=1S/C20H34N4O/c1-2-9-22(10-3-1)11-5-19-15-23(14-18-6-12-25-13-7-18)17-20-4-8-21-24(20)16-19/h4,8,18-19H,1-3,5-7,9-17H2/t19-/m1/s1. The van der Waals surface area contributed by atoms with Crippen LogP contribution in [0.4, 0.5) is 0 Å². The number of fused-ring (bicyclic) bond motifs is 1. The predicted molar refractivity (Wildman–Crippen MR) is 99.4 cm³/mol. The second-order valence-electron chi connectivity index (χ2n) is 8.31. The molecule has 1 atom stereocenters. The van der Waals surface area contributed by atoms with Crippen LogP contribution in [0.25, 0.3) is 0 Å². The molecule has 4 heterocycles. The van der Waals surface area contributed by atoms with Crippen molar-refractivity contribution >= 4 is 0 Å². The predicted octanol–water partition coefficient (Wildman–Crippen LogP) is 2.62. The van der Waals surface area contributed by atoms with Crippen LogP contribution < -0.4 is 0 Å². The highest BCUT2D eigenvalue weighted by molar-refractivity contribution is 5.02. The van der Waals surface area contributed by atoms with E-state index < -0.39 is 0 Å². The number of nitrogens with zero attached hydrogens (tertiary/aromatic N) is 4. The maximum Gasteiger partial charge on any atom is 0.0524 e. The molecule has 1 aromatic rings. The third-order valence-electron chi connectivity index (χ3n) is 6.30. The normalized spacial score (nSPS) is 27.1. The molecule has 0 unspecified atom stereocenters. The Morgan fingerprint density at radius 1 is 1.00 bits per heavy atom. The lowest BCUT2D eigenvalue weighted by molar-refractivity contribution is 0.0489. The molecule has 2 fully saturated rings. The SMILES string of the molecule is c1cc2n(n1)C[C@H](CCN1CCCCC1)CN(CC1CCOCC1)C2. The third kappa shape index (κ3) is 4.83. The quantitative estimate of drug-likeness (QED) is 0.821. The molecule has 0 spiro atoms. The van der Waals surface area contributed by atoms with Gasteiger partial charge in [-0.15, -0.1) is 0 Å². The van der Waals surface area contributed by atoms with Gasteiger partial charge in [-0.2, -0.15) is 5.10 Å². The number of hydrogen-bond acceptors (Lipinski definition) is 4. The summed E-state index contributed by atoms with van der Waals surface area (Å²) in [7, 11) is 0. The summed E-state index contributed by atoms with van der Waals surface area (Å²) in [6, 6.07) is 2.21. The van der Waals surface area contributed by atoms with Crippen LogP contribution in [0.5, 0.6) is 0 Å². The molecule has 0 amide bonds. The Morgan fingerprint density at radius 2 is 1.84 bits per heavy atom. The molecule has 25 heavy (non-hydrogen) atoms. The Morgan fingerprint density at radius 3 is 2.68 bits per heavy atom. The summed E-state index contributed by atoms with van der Waals surface area (Å²) in [6.07, 6.45) is 9.96. The Bertz CT molecular complexity index is 520. The average molecular weight is 347 g/mol. The highest BCUT2D eigenvalue weighted by Gasteiger charge is 2.25. The maximum atomic E-state index is 5.55. The van der Waals surface area contributed by atoms with Gasteiger partial charge >= 0.3 is 0 Å². The molecule has 0 saturated carbocycles. The Kier molecular flexibility index (Phi) is 6.06. The van der Waals surface area contributed by atoms with Crippen molar-refractivity contribution in [3.05, 3.63) is 18.0 Å². The van der Waals surface area contributed by atoms with E-state index in [1.807, 2.05) is 6.20 Å². The van der Waals surface area contributed by atoms with Crippen molar-refractivity contribution in [2.75, 3.05) is 45.9 Å². The van der Waals surface area contributed by atoms with Crippen LogP contribution in [-0.2, 0) is 17.8 Å².